The second-order valence-corrected chi connectivity index (χ2v) is 11.1. The first kappa shape index (κ1) is 30.2. The summed E-state index contributed by atoms with van der Waals surface area (Å²) in [5, 5.41) is 14.0. The molecule has 3 aromatic carbocycles. The van der Waals surface area contributed by atoms with Crippen molar-refractivity contribution in [2.45, 2.75) is 20.4 Å². The second kappa shape index (κ2) is 14.3. The van der Waals surface area contributed by atoms with Gasteiger partial charge in [-0.25, -0.2) is 4.98 Å². The summed E-state index contributed by atoms with van der Waals surface area (Å²) in [5.74, 6) is 0.386. The van der Waals surface area contributed by atoms with Crippen LogP contribution in [0.2, 0.25) is 0 Å². The van der Waals surface area contributed by atoms with Crippen molar-refractivity contribution < 1.29 is 4.79 Å². The highest BCUT2D eigenvalue weighted by molar-refractivity contribution is 5.95. The summed E-state index contributed by atoms with van der Waals surface area (Å²) in [7, 11) is 0. The van der Waals surface area contributed by atoms with Crippen molar-refractivity contribution in [2.75, 3.05) is 62.2 Å². The predicted molar refractivity (Wildman–Crippen MR) is 178 cm³/mol. The molecule has 1 aliphatic rings. The number of hydrogen-bond acceptors (Lipinski definition) is 9. The van der Waals surface area contributed by atoms with Gasteiger partial charge in [-0.1, -0.05) is 56.3 Å². The molecule has 11 heteroatoms. The second-order valence-electron chi connectivity index (χ2n) is 11.1. The van der Waals surface area contributed by atoms with Crippen molar-refractivity contribution in [3.63, 3.8) is 0 Å². The van der Waals surface area contributed by atoms with Gasteiger partial charge in [-0.2, -0.15) is 15.3 Å². The maximum atomic E-state index is 12.9. The van der Waals surface area contributed by atoms with Crippen molar-refractivity contribution in [1.29, 1.82) is 0 Å². The van der Waals surface area contributed by atoms with Crippen LogP contribution in [0, 0.1) is 0 Å². The fourth-order valence-electron chi connectivity index (χ4n) is 5.76. The molecule has 0 aliphatic carbocycles. The van der Waals surface area contributed by atoms with E-state index in [1.807, 2.05) is 35.2 Å². The Morgan fingerprint density at radius 2 is 1.62 bits per heavy atom. The molecule has 0 spiro atoms. The average Bonchev–Trinajstić information content (AvgIpc) is 3.57. The van der Waals surface area contributed by atoms with Crippen LogP contribution < -0.4 is 15.1 Å². The number of benzene rings is 3. The molecular weight excluding hydrogens is 564 g/mol. The van der Waals surface area contributed by atoms with Gasteiger partial charge in [-0.15, -0.1) is 5.10 Å². The molecule has 1 amide bonds. The van der Waals surface area contributed by atoms with E-state index >= 15 is 0 Å². The number of anilines is 4. The highest BCUT2D eigenvalue weighted by Crippen LogP contribution is 2.39. The number of fused-ring (bicyclic) bond motifs is 1. The quantitative estimate of drug-likeness (QED) is 0.211. The molecule has 0 unspecified atom stereocenters. The normalized spacial score (nSPS) is 13.8. The third kappa shape index (κ3) is 7.11. The number of aromatic nitrogens is 5. The number of aromatic amines is 1. The molecule has 1 aliphatic heterocycles. The van der Waals surface area contributed by atoms with Gasteiger partial charge in [0.2, 0.25) is 11.6 Å². The molecular formula is C34H40N10O. The number of H-pyrrole nitrogens is 1. The number of amides is 1. The Morgan fingerprint density at radius 1 is 0.889 bits per heavy atom. The summed E-state index contributed by atoms with van der Waals surface area (Å²) in [6, 6.07) is 26.6. The van der Waals surface area contributed by atoms with Crippen molar-refractivity contribution in [2.24, 2.45) is 0 Å². The van der Waals surface area contributed by atoms with E-state index in [2.05, 4.69) is 103 Å². The number of nitrogens with zero attached hydrogens (tertiary/aromatic N) is 8. The number of para-hydroxylation sites is 2. The molecule has 6 rings (SSSR count). The van der Waals surface area contributed by atoms with Crippen LogP contribution in [0.1, 0.15) is 29.8 Å². The summed E-state index contributed by atoms with van der Waals surface area (Å²) in [6.45, 7) is 12.3. The van der Waals surface area contributed by atoms with E-state index in [4.69, 9.17) is 4.98 Å². The van der Waals surface area contributed by atoms with Crippen LogP contribution in [0.15, 0.2) is 85.1 Å². The smallest absolute Gasteiger partial charge is 0.251 e. The standard InChI is InChI=1S/C34H40N10O/c1-3-41(4-2)19-18-35-33(45)27-14-16-28(17-15-27)44(34-36-24-29-32(37-34)39-40-38-29)31-13-9-8-12-30(31)43-22-20-42(21-23-43)25-26-10-6-5-7-11-26/h5-17,24H,3-4,18-23,25H2,1-2H3,(H,35,45)(H,36,37,38,39,40). The molecule has 1 fully saturated rings. The number of nitrogens with one attached hydrogen (secondary N) is 2. The first-order chi connectivity index (χ1) is 22.1. The van der Waals surface area contributed by atoms with Gasteiger partial charge >= 0.3 is 0 Å². The molecule has 5 aromatic rings. The lowest BCUT2D eigenvalue weighted by Crippen LogP contribution is -2.46. The van der Waals surface area contributed by atoms with Gasteiger partial charge in [-0.05, 0) is 55.1 Å². The third-order valence-electron chi connectivity index (χ3n) is 8.34. The third-order valence-corrected chi connectivity index (χ3v) is 8.34. The van der Waals surface area contributed by atoms with Crippen LogP contribution in [-0.2, 0) is 6.54 Å². The molecule has 0 bridgehead atoms. The van der Waals surface area contributed by atoms with Crippen molar-refractivity contribution >= 4 is 40.1 Å². The van der Waals surface area contributed by atoms with E-state index in [-0.39, 0.29) is 5.91 Å². The monoisotopic (exact) mass is 604 g/mol. The molecule has 232 valence electrons. The molecule has 2 aromatic heterocycles. The van der Waals surface area contributed by atoms with E-state index < -0.39 is 0 Å². The number of likely N-dealkylation sites (N-methyl/N-ethyl adjacent to an activating group) is 1. The van der Waals surface area contributed by atoms with Crippen LogP contribution in [0.4, 0.5) is 23.0 Å². The lowest BCUT2D eigenvalue weighted by Gasteiger charge is -2.38. The Labute approximate surface area is 263 Å². The first-order valence-electron chi connectivity index (χ1n) is 15.7. The molecule has 2 N–H and O–H groups in total. The Hall–Kier alpha value is -4.87. The zero-order valence-corrected chi connectivity index (χ0v) is 25.9. The van der Waals surface area contributed by atoms with E-state index in [1.54, 1.807) is 6.20 Å². The number of piperazine rings is 1. The van der Waals surface area contributed by atoms with E-state index in [9.17, 15) is 4.79 Å². The topological polar surface area (TPSA) is 109 Å². The molecule has 0 saturated carbocycles. The van der Waals surface area contributed by atoms with Crippen molar-refractivity contribution in [3.05, 3.63) is 96.2 Å². The minimum Gasteiger partial charge on any atom is -0.367 e. The lowest BCUT2D eigenvalue weighted by molar-refractivity contribution is 0.0949. The van der Waals surface area contributed by atoms with Crippen molar-refractivity contribution in [3.8, 4) is 0 Å². The fourth-order valence-corrected chi connectivity index (χ4v) is 5.76. The van der Waals surface area contributed by atoms with Gasteiger partial charge in [0.25, 0.3) is 5.91 Å². The Bertz CT molecular complexity index is 1680. The van der Waals surface area contributed by atoms with Gasteiger partial charge in [-0.3, -0.25) is 14.6 Å². The lowest BCUT2D eigenvalue weighted by atomic mass is 10.1. The SMILES string of the molecule is CCN(CC)CCNC(=O)c1ccc(N(c2ncc3n[nH]nc3n2)c2ccccc2N2CCN(Cc3ccccc3)CC2)cc1. The largest absolute Gasteiger partial charge is 0.367 e. The molecule has 3 heterocycles. The summed E-state index contributed by atoms with van der Waals surface area (Å²) in [5.41, 5.74) is 5.91. The van der Waals surface area contributed by atoms with Gasteiger partial charge in [0, 0.05) is 57.1 Å². The van der Waals surface area contributed by atoms with E-state index in [1.165, 1.54) is 5.56 Å². The number of rotatable bonds is 12. The van der Waals surface area contributed by atoms with Crippen LogP contribution in [0.25, 0.3) is 11.2 Å². The summed E-state index contributed by atoms with van der Waals surface area (Å²) >= 11 is 0. The Kier molecular flexibility index (Phi) is 9.57. The molecule has 0 radical (unpaired) electrons. The zero-order chi connectivity index (χ0) is 31.0. The maximum absolute atomic E-state index is 12.9. The average molecular weight is 605 g/mol. The Balaban J connectivity index is 1.26. The van der Waals surface area contributed by atoms with Gasteiger partial charge in [0.15, 0.2) is 0 Å². The molecule has 1 saturated heterocycles. The van der Waals surface area contributed by atoms with Crippen LogP contribution in [0.3, 0.4) is 0 Å². The van der Waals surface area contributed by atoms with E-state index in [0.717, 1.165) is 69.4 Å². The van der Waals surface area contributed by atoms with Crippen molar-refractivity contribution in [1.82, 2.24) is 40.5 Å². The fraction of sp³-hybridized carbons (Fsp3) is 0.324. The predicted octanol–water partition coefficient (Wildman–Crippen LogP) is 4.61. The van der Waals surface area contributed by atoms with Gasteiger partial charge in [0.05, 0.1) is 17.6 Å². The highest BCUT2D eigenvalue weighted by atomic mass is 16.1. The maximum Gasteiger partial charge on any atom is 0.251 e. The minimum atomic E-state index is -0.0886. The Morgan fingerprint density at radius 3 is 2.38 bits per heavy atom. The number of carbonyl (C=O) groups excluding carboxylic acids is 1. The number of hydrogen-bond donors (Lipinski definition) is 2. The van der Waals surface area contributed by atoms with Crippen LogP contribution in [-0.4, -0.2) is 93.4 Å². The van der Waals surface area contributed by atoms with Crippen LogP contribution >= 0.6 is 0 Å². The molecule has 0 atom stereocenters. The summed E-state index contributed by atoms with van der Waals surface area (Å²) < 4.78 is 0. The van der Waals surface area contributed by atoms with Gasteiger partial charge < -0.3 is 15.1 Å². The van der Waals surface area contributed by atoms with Crippen LogP contribution in [0.5, 0.6) is 0 Å². The summed E-state index contributed by atoms with van der Waals surface area (Å²) in [6.07, 6.45) is 1.68. The highest BCUT2D eigenvalue weighted by Gasteiger charge is 2.25. The van der Waals surface area contributed by atoms with Gasteiger partial charge in [0.1, 0.15) is 5.52 Å². The molecule has 11 nitrogen and oxygen atoms in total. The zero-order valence-electron chi connectivity index (χ0n) is 25.9. The molecule has 45 heavy (non-hydrogen) atoms. The number of carbonyl (C=O) groups is 1. The summed E-state index contributed by atoms with van der Waals surface area (Å²) in [4.78, 5) is 31.6. The van der Waals surface area contributed by atoms with E-state index in [0.29, 0.717) is 29.2 Å². The first-order valence-corrected chi connectivity index (χ1v) is 15.7. The minimum absolute atomic E-state index is 0.0886.